The van der Waals surface area contributed by atoms with Crippen LogP contribution in [0.15, 0.2) is 0 Å². The first-order valence-corrected chi connectivity index (χ1v) is 8.27. The predicted octanol–water partition coefficient (Wildman–Crippen LogP) is 5.50. The van der Waals surface area contributed by atoms with Crippen molar-refractivity contribution in [3.05, 3.63) is 0 Å². The molecule has 0 radical (unpaired) electrons. The molecule has 1 atom stereocenters. The largest absolute Gasteiger partial charge is 0.469 e. The third-order valence-corrected chi connectivity index (χ3v) is 4.00. The number of hydrogen-bond donors (Lipinski definition) is 0. The van der Waals surface area contributed by atoms with E-state index in [4.69, 9.17) is 0 Å². The van der Waals surface area contributed by atoms with Crippen molar-refractivity contribution in [2.24, 2.45) is 5.92 Å². The third-order valence-electron chi connectivity index (χ3n) is 4.00. The van der Waals surface area contributed by atoms with E-state index in [2.05, 4.69) is 18.6 Å². The molecule has 0 spiro atoms. The molecule has 0 fully saturated rings. The van der Waals surface area contributed by atoms with Crippen LogP contribution < -0.4 is 0 Å². The minimum absolute atomic E-state index is 0.0682. The summed E-state index contributed by atoms with van der Waals surface area (Å²) in [6, 6.07) is 0. The van der Waals surface area contributed by atoms with Gasteiger partial charge in [-0.15, -0.1) is 0 Å². The van der Waals surface area contributed by atoms with Crippen molar-refractivity contribution in [3.63, 3.8) is 0 Å². The number of carbonyl (C=O) groups is 1. The van der Waals surface area contributed by atoms with Gasteiger partial charge in [-0.2, -0.15) is 0 Å². The van der Waals surface area contributed by atoms with Gasteiger partial charge in [0, 0.05) is 6.42 Å². The Morgan fingerprint density at radius 1 is 0.895 bits per heavy atom. The molecular formula is C17H34O2. The fourth-order valence-electron chi connectivity index (χ4n) is 2.31. The standard InChI is InChI=1S/C17H34O2/c1-4-16(2)14-12-10-8-6-5-7-9-11-13-15-17(18)19-3/h16H,4-15H2,1-3H3/t16-/m1/s1. The minimum Gasteiger partial charge on any atom is -0.469 e. The Morgan fingerprint density at radius 3 is 1.84 bits per heavy atom. The fraction of sp³-hybridized carbons (Fsp3) is 0.941. The van der Waals surface area contributed by atoms with Crippen LogP contribution in [-0.2, 0) is 9.53 Å². The van der Waals surface area contributed by atoms with Gasteiger partial charge in [0.2, 0.25) is 0 Å². The summed E-state index contributed by atoms with van der Waals surface area (Å²) in [6.07, 6.45) is 15.0. The molecule has 0 aliphatic carbocycles. The second kappa shape index (κ2) is 13.9. The average molecular weight is 270 g/mol. The molecule has 0 aliphatic heterocycles. The number of esters is 1. The summed E-state index contributed by atoms with van der Waals surface area (Å²) in [5, 5.41) is 0. The average Bonchev–Trinajstić information content (AvgIpc) is 2.43. The molecule has 0 aromatic rings. The molecule has 0 aromatic heterocycles. The summed E-state index contributed by atoms with van der Waals surface area (Å²) in [7, 11) is 1.46. The lowest BCUT2D eigenvalue weighted by Gasteiger charge is -2.07. The molecule has 0 aromatic carbocycles. The van der Waals surface area contributed by atoms with Crippen LogP contribution in [0.1, 0.15) is 90.9 Å². The van der Waals surface area contributed by atoms with Crippen molar-refractivity contribution in [1.29, 1.82) is 0 Å². The predicted molar refractivity (Wildman–Crippen MR) is 82.3 cm³/mol. The molecule has 0 rings (SSSR count). The monoisotopic (exact) mass is 270 g/mol. The van der Waals surface area contributed by atoms with Gasteiger partial charge in [0.1, 0.15) is 0 Å². The van der Waals surface area contributed by atoms with Gasteiger partial charge >= 0.3 is 5.97 Å². The van der Waals surface area contributed by atoms with Crippen LogP contribution in [0.5, 0.6) is 0 Å². The van der Waals surface area contributed by atoms with E-state index in [9.17, 15) is 4.79 Å². The Balaban J connectivity index is 3.05. The highest BCUT2D eigenvalue weighted by molar-refractivity contribution is 5.68. The zero-order chi connectivity index (χ0) is 14.3. The second-order valence-electron chi connectivity index (χ2n) is 5.81. The van der Waals surface area contributed by atoms with Gasteiger partial charge in [-0.3, -0.25) is 4.79 Å². The van der Waals surface area contributed by atoms with Gasteiger partial charge in [0.15, 0.2) is 0 Å². The maximum atomic E-state index is 10.9. The Kier molecular flexibility index (Phi) is 13.5. The first kappa shape index (κ1) is 18.5. The van der Waals surface area contributed by atoms with E-state index in [1.165, 1.54) is 71.3 Å². The maximum Gasteiger partial charge on any atom is 0.305 e. The lowest BCUT2D eigenvalue weighted by Crippen LogP contribution is -1.99. The number of rotatable bonds is 13. The van der Waals surface area contributed by atoms with Gasteiger partial charge in [-0.25, -0.2) is 0 Å². The topological polar surface area (TPSA) is 26.3 Å². The summed E-state index contributed by atoms with van der Waals surface area (Å²) in [4.78, 5) is 10.9. The van der Waals surface area contributed by atoms with Crippen LogP contribution >= 0.6 is 0 Å². The molecule has 114 valence electrons. The molecule has 2 nitrogen and oxygen atoms in total. The zero-order valence-corrected chi connectivity index (χ0v) is 13.4. The van der Waals surface area contributed by atoms with Gasteiger partial charge < -0.3 is 4.74 Å². The Hall–Kier alpha value is -0.530. The maximum absolute atomic E-state index is 10.9. The highest BCUT2D eigenvalue weighted by Gasteiger charge is 2.00. The molecule has 0 unspecified atom stereocenters. The number of carbonyl (C=O) groups excluding carboxylic acids is 1. The molecule has 0 saturated carbocycles. The van der Waals surface area contributed by atoms with Crippen LogP contribution in [0.25, 0.3) is 0 Å². The van der Waals surface area contributed by atoms with Crippen molar-refractivity contribution in [2.45, 2.75) is 90.9 Å². The molecule has 0 amide bonds. The van der Waals surface area contributed by atoms with E-state index < -0.39 is 0 Å². The SMILES string of the molecule is CC[C@@H](C)CCCCCCCCCCCC(=O)OC. The van der Waals surface area contributed by atoms with Gasteiger partial charge in [0.05, 0.1) is 7.11 Å². The second-order valence-corrected chi connectivity index (χ2v) is 5.81. The first-order valence-electron chi connectivity index (χ1n) is 8.27. The first-order chi connectivity index (χ1) is 9.20. The summed E-state index contributed by atoms with van der Waals surface area (Å²) in [5.41, 5.74) is 0. The number of methoxy groups -OCH3 is 1. The highest BCUT2D eigenvalue weighted by atomic mass is 16.5. The van der Waals surface area contributed by atoms with Gasteiger partial charge in [-0.1, -0.05) is 78.1 Å². The quantitative estimate of drug-likeness (QED) is 0.326. The lowest BCUT2D eigenvalue weighted by atomic mass is 9.99. The fourth-order valence-corrected chi connectivity index (χ4v) is 2.31. The Morgan fingerprint density at radius 2 is 1.37 bits per heavy atom. The molecule has 0 bridgehead atoms. The van der Waals surface area contributed by atoms with E-state index in [-0.39, 0.29) is 5.97 Å². The van der Waals surface area contributed by atoms with Crippen LogP contribution in [0.2, 0.25) is 0 Å². The zero-order valence-electron chi connectivity index (χ0n) is 13.4. The molecule has 0 N–H and O–H groups in total. The van der Waals surface area contributed by atoms with E-state index in [0.717, 1.165) is 12.3 Å². The Bertz CT molecular complexity index is 201. The van der Waals surface area contributed by atoms with Crippen LogP contribution in [0.4, 0.5) is 0 Å². The summed E-state index contributed by atoms with van der Waals surface area (Å²) in [6.45, 7) is 4.64. The van der Waals surface area contributed by atoms with Gasteiger partial charge in [-0.05, 0) is 12.3 Å². The highest BCUT2D eigenvalue weighted by Crippen LogP contribution is 2.15. The number of ether oxygens (including phenoxy) is 1. The van der Waals surface area contributed by atoms with Crippen molar-refractivity contribution in [3.8, 4) is 0 Å². The molecule has 2 heteroatoms. The Labute approximate surface area is 120 Å². The minimum atomic E-state index is -0.0682. The molecule has 19 heavy (non-hydrogen) atoms. The summed E-state index contributed by atoms with van der Waals surface area (Å²) < 4.78 is 4.62. The van der Waals surface area contributed by atoms with E-state index in [1.54, 1.807) is 0 Å². The third kappa shape index (κ3) is 13.7. The van der Waals surface area contributed by atoms with Crippen LogP contribution in [0.3, 0.4) is 0 Å². The lowest BCUT2D eigenvalue weighted by molar-refractivity contribution is -0.140. The smallest absolute Gasteiger partial charge is 0.305 e. The van der Waals surface area contributed by atoms with Crippen molar-refractivity contribution < 1.29 is 9.53 Å². The summed E-state index contributed by atoms with van der Waals surface area (Å²) >= 11 is 0. The molecule has 0 aliphatic rings. The van der Waals surface area contributed by atoms with Crippen LogP contribution in [-0.4, -0.2) is 13.1 Å². The van der Waals surface area contributed by atoms with E-state index >= 15 is 0 Å². The molecule has 0 saturated heterocycles. The normalized spacial score (nSPS) is 12.4. The molecular weight excluding hydrogens is 236 g/mol. The van der Waals surface area contributed by atoms with Crippen molar-refractivity contribution in [1.82, 2.24) is 0 Å². The van der Waals surface area contributed by atoms with Crippen molar-refractivity contribution >= 4 is 5.97 Å². The van der Waals surface area contributed by atoms with Gasteiger partial charge in [0.25, 0.3) is 0 Å². The van der Waals surface area contributed by atoms with Crippen molar-refractivity contribution in [2.75, 3.05) is 7.11 Å². The number of unbranched alkanes of at least 4 members (excludes halogenated alkanes) is 8. The van der Waals surface area contributed by atoms with E-state index in [1.807, 2.05) is 0 Å². The summed E-state index contributed by atoms with van der Waals surface area (Å²) in [5.74, 6) is 0.844. The number of hydrogen-bond acceptors (Lipinski definition) is 2. The van der Waals surface area contributed by atoms with Crippen LogP contribution in [0, 0.1) is 5.92 Å². The molecule has 0 heterocycles. The van der Waals surface area contributed by atoms with E-state index in [0.29, 0.717) is 6.42 Å².